The summed E-state index contributed by atoms with van der Waals surface area (Å²) in [6.07, 6.45) is 3.93. The second-order valence-electron chi connectivity index (χ2n) is 5.32. The van der Waals surface area contributed by atoms with Gasteiger partial charge in [-0.2, -0.15) is 5.26 Å². The second-order valence-corrected chi connectivity index (χ2v) is 6.32. The van der Waals surface area contributed by atoms with E-state index >= 15 is 0 Å². The van der Waals surface area contributed by atoms with Crippen molar-refractivity contribution in [2.45, 2.75) is 12.7 Å². The van der Waals surface area contributed by atoms with Crippen LogP contribution in [0.5, 0.6) is 0 Å². The average Bonchev–Trinajstić information content (AvgIpc) is 3.03. The first-order chi connectivity index (χ1) is 10.7. The van der Waals surface area contributed by atoms with Gasteiger partial charge in [0, 0.05) is 18.0 Å². The molecule has 22 heavy (non-hydrogen) atoms. The number of carbonyl (C=O) groups is 1. The number of thioether (sulfide) groups is 1. The number of hydrogen-bond donors (Lipinski definition) is 0. The molecule has 0 N–H and O–H groups in total. The van der Waals surface area contributed by atoms with Gasteiger partial charge in [-0.15, -0.1) is 11.8 Å². The number of hydrogen-bond acceptors (Lipinski definition) is 4. The van der Waals surface area contributed by atoms with Gasteiger partial charge in [0.05, 0.1) is 18.5 Å². The van der Waals surface area contributed by atoms with Crippen LogP contribution >= 0.6 is 11.8 Å². The van der Waals surface area contributed by atoms with Crippen molar-refractivity contribution in [1.82, 2.24) is 4.90 Å². The van der Waals surface area contributed by atoms with Gasteiger partial charge in [0.15, 0.2) is 0 Å². The van der Waals surface area contributed by atoms with E-state index in [4.69, 9.17) is 5.26 Å². The van der Waals surface area contributed by atoms with Gasteiger partial charge in [-0.3, -0.25) is 4.79 Å². The van der Waals surface area contributed by atoms with Gasteiger partial charge in [-0.1, -0.05) is 18.2 Å². The average molecular weight is 317 g/mol. The van der Waals surface area contributed by atoms with Crippen molar-refractivity contribution >= 4 is 29.4 Å². The van der Waals surface area contributed by atoms with Crippen molar-refractivity contribution < 1.29 is 9.18 Å². The fraction of sp³-hybridized carbons (Fsp3) is 0.375. The van der Waals surface area contributed by atoms with E-state index < -0.39 is 6.67 Å². The Morgan fingerprint density at radius 2 is 2.36 bits per heavy atom. The molecule has 1 aromatic carbocycles. The van der Waals surface area contributed by atoms with Crippen LogP contribution in [-0.2, 0) is 11.5 Å². The molecule has 6 heteroatoms. The number of amides is 1. The molecule has 0 radical (unpaired) electrons. The van der Waals surface area contributed by atoms with Gasteiger partial charge in [0.2, 0.25) is 5.91 Å². The summed E-state index contributed by atoms with van der Waals surface area (Å²) in [6.45, 7) is 0.395. The third-order valence-corrected chi connectivity index (χ3v) is 4.90. The Labute approximate surface area is 133 Å². The van der Waals surface area contributed by atoms with E-state index in [9.17, 15) is 9.18 Å². The van der Waals surface area contributed by atoms with Crippen LogP contribution in [-0.4, -0.2) is 41.6 Å². The van der Waals surface area contributed by atoms with Crippen LogP contribution < -0.4 is 4.90 Å². The predicted octanol–water partition coefficient (Wildman–Crippen LogP) is 2.41. The maximum Gasteiger partial charge on any atom is 0.243 e. The Morgan fingerprint density at radius 3 is 3.14 bits per heavy atom. The number of fused-ring (bicyclic) bond motifs is 1. The molecular formula is C16H16FN3OS. The number of carbonyl (C=O) groups excluding carboxylic acids is 1. The van der Waals surface area contributed by atoms with E-state index in [0.29, 0.717) is 23.7 Å². The molecule has 2 aliphatic heterocycles. The molecule has 0 spiro atoms. The minimum Gasteiger partial charge on any atom is -0.358 e. The summed E-state index contributed by atoms with van der Waals surface area (Å²) in [5.74, 6) is 1.22. The monoisotopic (exact) mass is 317 g/mol. The molecule has 2 aliphatic rings. The number of alkyl halides is 1. The molecule has 114 valence electrons. The molecule has 0 bridgehead atoms. The number of nitrogens with zero attached hydrogens (tertiary/aromatic N) is 3. The Bertz CT molecular complexity index is 655. The molecular weight excluding hydrogens is 301 g/mol. The summed E-state index contributed by atoms with van der Waals surface area (Å²) in [7, 11) is 0. The van der Waals surface area contributed by atoms with Crippen LogP contribution in [0.3, 0.4) is 0 Å². The Morgan fingerprint density at radius 1 is 1.50 bits per heavy atom. The van der Waals surface area contributed by atoms with Crippen molar-refractivity contribution in [3.63, 3.8) is 0 Å². The SMILES string of the molecule is N#C[C@@H]1CSCN1C(=O)CN1CC=Cc2cc(CF)ccc21. The van der Waals surface area contributed by atoms with E-state index in [0.717, 1.165) is 11.3 Å². The molecule has 1 saturated heterocycles. The summed E-state index contributed by atoms with van der Waals surface area (Å²) in [4.78, 5) is 16.1. The van der Waals surface area contributed by atoms with Crippen molar-refractivity contribution in [3.8, 4) is 6.07 Å². The highest BCUT2D eigenvalue weighted by Gasteiger charge is 2.30. The summed E-state index contributed by atoms with van der Waals surface area (Å²) in [5, 5.41) is 9.09. The summed E-state index contributed by atoms with van der Waals surface area (Å²) >= 11 is 1.60. The standard InChI is InChI=1S/C16H16FN3OS/c17-7-12-3-4-15-13(6-12)2-1-5-19(15)9-16(21)20-11-22-10-14(20)8-18/h1-4,6,14H,5,7,9-11H2/t14-/m1/s1. The maximum atomic E-state index is 12.8. The zero-order chi connectivity index (χ0) is 15.5. The van der Waals surface area contributed by atoms with Crippen LogP contribution in [0.15, 0.2) is 24.3 Å². The second kappa shape index (κ2) is 6.41. The summed E-state index contributed by atoms with van der Waals surface area (Å²) in [5.41, 5.74) is 2.51. The van der Waals surface area contributed by atoms with E-state index in [1.165, 1.54) is 0 Å². The Balaban J connectivity index is 1.76. The van der Waals surface area contributed by atoms with Crippen LogP contribution in [0, 0.1) is 11.3 Å². The van der Waals surface area contributed by atoms with Crippen molar-refractivity contribution in [3.05, 3.63) is 35.4 Å². The molecule has 3 rings (SSSR count). The summed E-state index contributed by atoms with van der Waals surface area (Å²) < 4.78 is 12.8. The van der Waals surface area contributed by atoms with E-state index in [1.807, 2.05) is 29.2 Å². The minimum absolute atomic E-state index is 0.0348. The Kier molecular flexibility index (Phi) is 4.34. The van der Waals surface area contributed by atoms with Gasteiger partial charge in [-0.05, 0) is 23.3 Å². The molecule has 1 fully saturated rings. The molecule has 1 amide bonds. The zero-order valence-electron chi connectivity index (χ0n) is 12.0. The third-order valence-electron chi connectivity index (χ3n) is 3.89. The van der Waals surface area contributed by atoms with Crippen molar-refractivity contribution in [2.24, 2.45) is 0 Å². The van der Waals surface area contributed by atoms with Crippen LogP contribution in [0.25, 0.3) is 6.08 Å². The number of nitriles is 1. The molecule has 0 aromatic heterocycles. The quantitative estimate of drug-likeness (QED) is 0.859. The lowest BCUT2D eigenvalue weighted by Crippen LogP contribution is -2.43. The largest absolute Gasteiger partial charge is 0.358 e. The fourth-order valence-corrected chi connectivity index (χ4v) is 3.82. The smallest absolute Gasteiger partial charge is 0.243 e. The van der Waals surface area contributed by atoms with Gasteiger partial charge >= 0.3 is 0 Å². The van der Waals surface area contributed by atoms with E-state index in [-0.39, 0.29) is 18.5 Å². The highest BCUT2D eigenvalue weighted by molar-refractivity contribution is 7.99. The first-order valence-electron chi connectivity index (χ1n) is 7.10. The molecule has 4 nitrogen and oxygen atoms in total. The lowest BCUT2D eigenvalue weighted by molar-refractivity contribution is -0.129. The van der Waals surface area contributed by atoms with Crippen molar-refractivity contribution in [1.29, 1.82) is 5.26 Å². The molecule has 0 saturated carbocycles. The first kappa shape index (κ1) is 14.9. The van der Waals surface area contributed by atoms with Crippen LogP contribution in [0.2, 0.25) is 0 Å². The van der Waals surface area contributed by atoms with Crippen LogP contribution in [0.1, 0.15) is 11.1 Å². The number of benzene rings is 1. The molecule has 2 heterocycles. The number of rotatable bonds is 3. The number of halogens is 1. The van der Waals surface area contributed by atoms with E-state index in [1.54, 1.807) is 22.7 Å². The highest BCUT2D eigenvalue weighted by Crippen LogP contribution is 2.28. The van der Waals surface area contributed by atoms with Crippen molar-refractivity contribution in [2.75, 3.05) is 29.6 Å². The molecule has 1 aromatic rings. The highest BCUT2D eigenvalue weighted by atomic mass is 32.2. The molecule has 0 aliphatic carbocycles. The lowest BCUT2D eigenvalue weighted by atomic mass is 10.0. The molecule has 1 atom stereocenters. The fourth-order valence-electron chi connectivity index (χ4n) is 2.71. The normalized spacial score (nSPS) is 19.9. The van der Waals surface area contributed by atoms with Gasteiger partial charge in [0.25, 0.3) is 0 Å². The van der Waals surface area contributed by atoms with Gasteiger partial charge in [-0.25, -0.2) is 4.39 Å². The van der Waals surface area contributed by atoms with E-state index in [2.05, 4.69) is 6.07 Å². The first-order valence-corrected chi connectivity index (χ1v) is 8.25. The van der Waals surface area contributed by atoms with Gasteiger partial charge in [0.1, 0.15) is 12.7 Å². The summed E-state index contributed by atoms with van der Waals surface area (Å²) in [6, 6.07) is 7.27. The third kappa shape index (κ3) is 2.81. The number of anilines is 1. The minimum atomic E-state index is -0.491. The Hall–Kier alpha value is -2.00. The lowest BCUT2D eigenvalue weighted by Gasteiger charge is -2.30. The zero-order valence-corrected chi connectivity index (χ0v) is 12.9. The van der Waals surface area contributed by atoms with Gasteiger partial charge < -0.3 is 9.80 Å². The maximum absolute atomic E-state index is 12.8. The predicted molar refractivity (Wildman–Crippen MR) is 86.1 cm³/mol. The topological polar surface area (TPSA) is 47.3 Å². The van der Waals surface area contributed by atoms with Crippen LogP contribution in [0.4, 0.5) is 10.1 Å². The molecule has 0 unspecified atom stereocenters.